The van der Waals surface area contributed by atoms with E-state index in [1.807, 2.05) is 18.9 Å². The second kappa shape index (κ2) is 3.44. The second-order valence-electron chi connectivity index (χ2n) is 2.51. The first-order valence-electron chi connectivity index (χ1n) is 3.92. The van der Waals surface area contributed by atoms with Crippen LogP contribution in [0.5, 0.6) is 0 Å². The minimum absolute atomic E-state index is 0.153. The van der Waals surface area contributed by atoms with Gasteiger partial charge in [-0.1, -0.05) is 6.58 Å². The molecule has 0 aromatic carbocycles. The zero-order valence-corrected chi connectivity index (χ0v) is 7.46. The molecular formula is C7H15N5. The fraction of sp³-hybridized carbons (Fsp3) is 0.571. The lowest BCUT2D eigenvalue weighted by atomic mass is 10.5. The Balaban J connectivity index is 2.77. The van der Waals surface area contributed by atoms with E-state index in [0.29, 0.717) is 5.96 Å². The van der Waals surface area contributed by atoms with E-state index in [1.165, 1.54) is 0 Å². The van der Waals surface area contributed by atoms with Crippen LogP contribution < -0.4 is 16.4 Å². The highest BCUT2D eigenvalue weighted by Crippen LogP contribution is 2.04. The molecule has 12 heavy (non-hydrogen) atoms. The van der Waals surface area contributed by atoms with Crippen molar-refractivity contribution in [1.82, 2.24) is 15.5 Å². The van der Waals surface area contributed by atoms with Gasteiger partial charge in [0, 0.05) is 6.54 Å². The molecule has 0 aromatic heterocycles. The van der Waals surface area contributed by atoms with Gasteiger partial charge in [0.15, 0.2) is 12.2 Å². The predicted molar refractivity (Wildman–Crippen MR) is 49.1 cm³/mol. The number of rotatable bonds is 2. The van der Waals surface area contributed by atoms with Crippen LogP contribution in [0.2, 0.25) is 0 Å². The molecule has 0 saturated carbocycles. The van der Waals surface area contributed by atoms with E-state index >= 15 is 0 Å². The number of nitrogens with two attached hydrogens (primary N) is 1. The fourth-order valence-electron chi connectivity index (χ4n) is 1.10. The van der Waals surface area contributed by atoms with Gasteiger partial charge in [-0.3, -0.25) is 10.2 Å². The van der Waals surface area contributed by atoms with Crippen molar-refractivity contribution in [2.24, 2.45) is 10.7 Å². The van der Waals surface area contributed by atoms with Crippen molar-refractivity contribution in [2.75, 3.05) is 13.6 Å². The number of aliphatic imine (C=N–C) groups is 1. The van der Waals surface area contributed by atoms with E-state index < -0.39 is 0 Å². The lowest BCUT2D eigenvalue weighted by Crippen LogP contribution is -2.52. The molecule has 0 radical (unpaired) electrons. The zero-order valence-electron chi connectivity index (χ0n) is 7.46. The molecule has 0 bridgehead atoms. The molecule has 1 atom stereocenters. The van der Waals surface area contributed by atoms with Crippen molar-refractivity contribution >= 4 is 5.96 Å². The average Bonchev–Trinajstić information content (AvgIpc) is 2.03. The lowest BCUT2D eigenvalue weighted by Gasteiger charge is -2.32. The highest BCUT2D eigenvalue weighted by Gasteiger charge is 2.18. The van der Waals surface area contributed by atoms with Gasteiger partial charge in [-0.05, 0) is 14.0 Å². The Kier molecular flexibility index (Phi) is 2.54. The summed E-state index contributed by atoms with van der Waals surface area (Å²) in [6.07, 6.45) is -0.153. The van der Waals surface area contributed by atoms with Crippen molar-refractivity contribution in [3.63, 3.8) is 0 Å². The number of nitrogens with zero attached hydrogens (tertiary/aromatic N) is 2. The highest BCUT2D eigenvalue weighted by molar-refractivity contribution is 5.80. The minimum atomic E-state index is -0.153. The number of hydrogen-bond acceptors (Lipinski definition) is 5. The molecule has 68 valence electrons. The third kappa shape index (κ3) is 1.50. The van der Waals surface area contributed by atoms with Crippen LogP contribution in [0.15, 0.2) is 17.4 Å². The van der Waals surface area contributed by atoms with E-state index in [1.54, 1.807) is 0 Å². The number of nitrogens with one attached hydrogen (secondary N) is 2. The summed E-state index contributed by atoms with van der Waals surface area (Å²) in [5.41, 5.74) is 5.68. The Labute approximate surface area is 72.3 Å². The molecular weight excluding hydrogens is 154 g/mol. The van der Waals surface area contributed by atoms with Gasteiger partial charge in [0.2, 0.25) is 0 Å². The van der Waals surface area contributed by atoms with Crippen LogP contribution in [0.4, 0.5) is 0 Å². The maximum atomic E-state index is 5.68. The number of hydrogen-bond donors (Lipinski definition) is 3. The molecule has 1 aliphatic rings. The molecule has 0 spiro atoms. The summed E-state index contributed by atoms with van der Waals surface area (Å²) in [4.78, 5) is 5.95. The quantitative estimate of drug-likeness (QED) is 0.506. The Morgan fingerprint density at radius 1 is 1.83 bits per heavy atom. The van der Waals surface area contributed by atoms with Gasteiger partial charge in [0.1, 0.15) is 5.82 Å². The van der Waals surface area contributed by atoms with E-state index in [4.69, 9.17) is 5.73 Å². The summed E-state index contributed by atoms with van der Waals surface area (Å²) >= 11 is 0. The molecule has 0 amide bonds. The summed E-state index contributed by atoms with van der Waals surface area (Å²) < 4.78 is 0. The average molecular weight is 169 g/mol. The molecule has 1 heterocycles. The van der Waals surface area contributed by atoms with Gasteiger partial charge in [-0.25, -0.2) is 4.99 Å². The first-order valence-corrected chi connectivity index (χ1v) is 3.92. The van der Waals surface area contributed by atoms with Gasteiger partial charge in [-0.2, -0.15) is 0 Å². The summed E-state index contributed by atoms with van der Waals surface area (Å²) in [5, 5.41) is 5.99. The minimum Gasteiger partial charge on any atom is -0.369 e. The highest BCUT2D eigenvalue weighted by atomic mass is 15.4. The molecule has 1 rings (SSSR count). The summed E-state index contributed by atoms with van der Waals surface area (Å²) in [6.45, 7) is 6.60. The molecule has 5 nitrogen and oxygen atoms in total. The standard InChI is InChI=1S/C7H15N5/c1-4-12-5(2)10-7(9-3)11-6(12)8/h7,9-10H,2,4H2,1,3H3,(H2,8,11). The molecule has 0 saturated heterocycles. The van der Waals surface area contributed by atoms with E-state index in [9.17, 15) is 0 Å². The summed E-state index contributed by atoms with van der Waals surface area (Å²) in [7, 11) is 1.81. The molecule has 1 aliphatic heterocycles. The summed E-state index contributed by atoms with van der Waals surface area (Å²) in [6, 6.07) is 0. The van der Waals surface area contributed by atoms with Crippen molar-refractivity contribution < 1.29 is 0 Å². The van der Waals surface area contributed by atoms with Crippen molar-refractivity contribution in [3.05, 3.63) is 12.4 Å². The van der Waals surface area contributed by atoms with Crippen LogP contribution in [0.1, 0.15) is 6.92 Å². The monoisotopic (exact) mass is 169 g/mol. The zero-order chi connectivity index (χ0) is 9.14. The SMILES string of the molecule is C=C1NC(NC)N=C(N)N1CC. The Morgan fingerprint density at radius 3 is 2.92 bits per heavy atom. The van der Waals surface area contributed by atoms with E-state index in [0.717, 1.165) is 12.4 Å². The third-order valence-electron chi connectivity index (χ3n) is 1.76. The normalized spacial score (nSPS) is 23.5. The van der Waals surface area contributed by atoms with Gasteiger partial charge in [0.25, 0.3) is 0 Å². The van der Waals surface area contributed by atoms with Gasteiger partial charge in [0.05, 0.1) is 0 Å². The van der Waals surface area contributed by atoms with Crippen LogP contribution in [-0.2, 0) is 0 Å². The molecule has 0 fully saturated rings. The molecule has 1 unspecified atom stereocenters. The Morgan fingerprint density at radius 2 is 2.50 bits per heavy atom. The number of guanidine groups is 1. The summed E-state index contributed by atoms with van der Waals surface area (Å²) in [5.74, 6) is 1.28. The van der Waals surface area contributed by atoms with Gasteiger partial charge < -0.3 is 11.1 Å². The molecule has 0 aliphatic carbocycles. The van der Waals surface area contributed by atoms with Crippen LogP contribution in [0.25, 0.3) is 0 Å². The van der Waals surface area contributed by atoms with Crippen molar-refractivity contribution in [2.45, 2.75) is 13.2 Å². The molecule has 0 aromatic rings. The van der Waals surface area contributed by atoms with Crippen LogP contribution >= 0.6 is 0 Å². The van der Waals surface area contributed by atoms with E-state index in [2.05, 4.69) is 22.2 Å². The topological polar surface area (TPSA) is 65.7 Å². The van der Waals surface area contributed by atoms with Crippen LogP contribution in [-0.4, -0.2) is 30.7 Å². The van der Waals surface area contributed by atoms with Gasteiger partial charge >= 0.3 is 0 Å². The first kappa shape index (κ1) is 8.86. The fourth-order valence-corrected chi connectivity index (χ4v) is 1.10. The largest absolute Gasteiger partial charge is 0.369 e. The van der Waals surface area contributed by atoms with Crippen LogP contribution in [0.3, 0.4) is 0 Å². The molecule has 4 N–H and O–H groups in total. The van der Waals surface area contributed by atoms with Crippen molar-refractivity contribution in [3.8, 4) is 0 Å². The van der Waals surface area contributed by atoms with Gasteiger partial charge in [-0.15, -0.1) is 0 Å². The Hall–Kier alpha value is -1.23. The maximum absolute atomic E-state index is 5.68. The maximum Gasteiger partial charge on any atom is 0.200 e. The Bertz CT molecular complexity index is 210. The second-order valence-corrected chi connectivity index (χ2v) is 2.51. The third-order valence-corrected chi connectivity index (χ3v) is 1.76. The first-order chi connectivity index (χ1) is 5.69. The van der Waals surface area contributed by atoms with E-state index in [-0.39, 0.29) is 6.29 Å². The lowest BCUT2D eigenvalue weighted by molar-refractivity contribution is 0.385. The van der Waals surface area contributed by atoms with Crippen LogP contribution in [0, 0.1) is 0 Å². The molecule has 5 heteroatoms. The van der Waals surface area contributed by atoms with Crippen molar-refractivity contribution in [1.29, 1.82) is 0 Å². The smallest absolute Gasteiger partial charge is 0.200 e. The predicted octanol–water partition coefficient (Wildman–Crippen LogP) is -0.800.